The van der Waals surface area contributed by atoms with Crippen LogP contribution in [0.2, 0.25) is 0 Å². The van der Waals surface area contributed by atoms with Crippen molar-refractivity contribution in [1.82, 2.24) is 10.2 Å². The summed E-state index contributed by atoms with van der Waals surface area (Å²) in [5, 5.41) is 3.38. The van der Waals surface area contributed by atoms with E-state index in [4.69, 9.17) is 23.9 Å². The molecule has 1 aliphatic rings. The Kier molecular flexibility index (Phi) is 8.16. The average Bonchev–Trinajstić information content (AvgIpc) is 2.80. The smallest absolute Gasteiger partial charge is 0.203 e. The molecule has 1 heterocycles. The molecule has 32 heavy (non-hydrogen) atoms. The fraction of sp³-hybridized carbons (Fsp3) is 0.458. The number of hydrogen-bond donors (Lipinski definition) is 1. The summed E-state index contributed by atoms with van der Waals surface area (Å²) in [5.41, 5.74) is 1.83. The van der Waals surface area contributed by atoms with Gasteiger partial charge in [0.05, 0.1) is 40.5 Å². The molecule has 0 spiro atoms. The number of rotatable bonds is 7. The van der Waals surface area contributed by atoms with Gasteiger partial charge in [0.15, 0.2) is 17.5 Å². The SMILES string of the molecule is CCNC(=NCc1ccc(OC)c(OC)c1OC)N1CC(C)OC(c2ccc(F)cc2)C1. The molecule has 0 aromatic heterocycles. The van der Waals surface area contributed by atoms with Crippen LogP contribution in [0.1, 0.15) is 31.1 Å². The third-order valence-electron chi connectivity index (χ3n) is 5.32. The van der Waals surface area contributed by atoms with E-state index >= 15 is 0 Å². The van der Waals surface area contributed by atoms with Crippen molar-refractivity contribution in [3.8, 4) is 17.2 Å². The van der Waals surface area contributed by atoms with Gasteiger partial charge < -0.3 is 29.2 Å². The van der Waals surface area contributed by atoms with Gasteiger partial charge in [-0.05, 0) is 43.7 Å². The molecule has 0 amide bonds. The van der Waals surface area contributed by atoms with Crippen LogP contribution in [0.4, 0.5) is 4.39 Å². The minimum atomic E-state index is -0.256. The normalized spacial score (nSPS) is 18.9. The number of guanidine groups is 1. The largest absolute Gasteiger partial charge is 0.493 e. The zero-order valence-electron chi connectivity index (χ0n) is 19.4. The molecule has 8 heteroatoms. The number of nitrogens with one attached hydrogen (secondary N) is 1. The number of benzene rings is 2. The molecular formula is C24H32FN3O4. The monoisotopic (exact) mass is 445 g/mol. The molecule has 2 unspecified atom stereocenters. The van der Waals surface area contributed by atoms with Crippen LogP contribution in [-0.2, 0) is 11.3 Å². The van der Waals surface area contributed by atoms with Crippen LogP contribution >= 0.6 is 0 Å². The van der Waals surface area contributed by atoms with Crippen molar-refractivity contribution in [3.05, 3.63) is 53.3 Å². The highest BCUT2D eigenvalue weighted by molar-refractivity contribution is 5.80. The lowest BCUT2D eigenvalue weighted by molar-refractivity contribution is -0.0605. The zero-order valence-corrected chi connectivity index (χ0v) is 19.4. The van der Waals surface area contributed by atoms with Crippen LogP contribution in [0, 0.1) is 5.82 Å². The quantitative estimate of drug-likeness (QED) is 0.517. The molecule has 1 aliphatic heterocycles. The van der Waals surface area contributed by atoms with E-state index in [2.05, 4.69) is 10.2 Å². The Morgan fingerprint density at radius 1 is 1.06 bits per heavy atom. The number of nitrogens with zero attached hydrogens (tertiary/aromatic N) is 2. The van der Waals surface area contributed by atoms with Crippen LogP contribution in [0.3, 0.4) is 0 Å². The first-order chi connectivity index (χ1) is 15.5. The molecule has 0 saturated carbocycles. The maximum Gasteiger partial charge on any atom is 0.203 e. The highest BCUT2D eigenvalue weighted by Gasteiger charge is 2.28. The van der Waals surface area contributed by atoms with Gasteiger partial charge in [-0.3, -0.25) is 0 Å². The van der Waals surface area contributed by atoms with Crippen LogP contribution < -0.4 is 19.5 Å². The summed E-state index contributed by atoms with van der Waals surface area (Å²) in [7, 11) is 4.78. The van der Waals surface area contributed by atoms with E-state index in [1.165, 1.54) is 12.1 Å². The van der Waals surface area contributed by atoms with Gasteiger partial charge in [-0.25, -0.2) is 9.38 Å². The zero-order chi connectivity index (χ0) is 23.1. The van der Waals surface area contributed by atoms with Crippen molar-refractivity contribution in [2.45, 2.75) is 32.6 Å². The summed E-state index contributed by atoms with van der Waals surface area (Å²) in [6.45, 7) is 6.52. The molecule has 1 saturated heterocycles. The molecule has 7 nitrogen and oxygen atoms in total. The molecule has 0 aliphatic carbocycles. The van der Waals surface area contributed by atoms with E-state index < -0.39 is 0 Å². The third kappa shape index (κ3) is 5.43. The first-order valence-corrected chi connectivity index (χ1v) is 10.7. The summed E-state index contributed by atoms with van der Waals surface area (Å²) in [6, 6.07) is 10.2. The summed E-state index contributed by atoms with van der Waals surface area (Å²) < 4.78 is 35.9. The van der Waals surface area contributed by atoms with Crippen LogP contribution in [-0.4, -0.2) is 57.9 Å². The second kappa shape index (κ2) is 11.0. The van der Waals surface area contributed by atoms with E-state index in [0.29, 0.717) is 36.9 Å². The standard InChI is InChI=1S/C24H32FN3O4/c1-6-26-24(27-13-18-9-12-20(29-3)23(31-5)22(18)30-4)28-14-16(2)32-21(15-28)17-7-10-19(25)11-8-17/h7-12,16,21H,6,13-15H2,1-5H3,(H,26,27). The van der Waals surface area contributed by atoms with E-state index in [-0.39, 0.29) is 18.0 Å². The predicted octanol–water partition coefficient (Wildman–Crippen LogP) is 3.78. The number of methoxy groups -OCH3 is 3. The summed E-state index contributed by atoms with van der Waals surface area (Å²) in [5.74, 6) is 2.28. The Bertz CT molecular complexity index is 920. The molecule has 2 aromatic carbocycles. The number of hydrogen-bond acceptors (Lipinski definition) is 5. The first kappa shape index (κ1) is 23.7. The Balaban J connectivity index is 1.84. The summed E-state index contributed by atoms with van der Waals surface area (Å²) >= 11 is 0. The van der Waals surface area contributed by atoms with Gasteiger partial charge in [-0.15, -0.1) is 0 Å². The van der Waals surface area contributed by atoms with Crippen molar-refractivity contribution in [1.29, 1.82) is 0 Å². The molecule has 1 fully saturated rings. The average molecular weight is 446 g/mol. The Labute approximate surface area is 189 Å². The summed E-state index contributed by atoms with van der Waals surface area (Å²) in [6.07, 6.45) is -0.169. The molecule has 1 N–H and O–H groups in total. The molecular weight excluding hydrogens is 413 g/mol. The number of ether oxygens (including phenoxy) is 4. The van der Waals surface area contributed by atoms with E-state index in [9.17, 15) is 4.39 Å². The van der Waals surface area contributed by atoms with Crippen LogP contribution in [0.5, 0.6) is 17.2 Å². The number of morpholine rings is 1. The Morgan fingerprint density at radius 3 is 2.41 bits per heavy atom. The maximum atomic E-state index is 13.4. The van der Waals surface area contributed by atoms with Gasteiger partial charge in [-0.1, -0.05) is 12.1 Å². The predicted molar refractivity (Wildman–Crippen MR) is 122 cm³/mol. The molecule has 0 bridgehead atoms. The van der Waals surface area contributed by atoms with Crippen molar-refractivity contribution in [2.75, 3.05) is 41.0 Å². The van der Waals surface area contributed by atoms with Crippen molar-refractivity contribution in [3.63, 3.8) is 0 Å². The van der Waals surface area contributed by atoms with Crippen LogP contribution in [0.25, 0.3) is 0 Å². The first-order valence-electron chi connectivity index (χ1n) is 10.7. The fourth-order valence-electron chi connectivity index (χ4n) is 3.86. The maximum absolute atomic E-state index is 13.4. The fourth-order valence-corrected chi connectivity index (χ4v) is 3.86. The van der Waals surface area contributed by atoms with Crippen molar-refractivity contribution >= 4 is 5.96 Å². The minimum Gasteiger partial charge on any atom is -0.493 e. The van der Waals surface area contributed by atoms with Crippen molar-refractivity contribution in [2.24, 2.45) is 4.99 Å². The van der Waals surface area contributed by atoms with Gasteiger partial charge >= 0.3 is 0 Å². The lowest BCUT2D eigenvalue weighted by Gasteiger charge is -2.38. The highest BCUT2D eigenvalue weighted by atomic mass is 19.1. The number of halogens is 1. The molecule has 2 aromatic rings. The molecule has 3 rings (SSSR count). The van der Waals surface area contributed by atoms with Gasteiger partial charge in [0.1, 0.15) is 11.9 Å². The summed E-state index contributed by atoms with van der Waals surface area (Å²) in [4.78, 5) is 7.04. The minimum absolute atomic E-state index is 0.00160. The van der Waals surface area contributed by atoms with Gasteiger partial charge in [0, 0.05) is 18.7 Å². The second-order valence-corrected chi connectivity index (χ2v) is 7.56. The molecule has 174 valence electrons. The topological polar surface area (TPSA) is 64.6 Å². The van der Waals surface area contributed by atoms with Crippen LogP contribution in [0.15, 0.2) is 41.4 Å². The number of aliphatic imine (C=N–C) groups is 1. The van der Waals surface area contributed by atoms with Gasteiger partial charge in [-0.2, -0.15) is 0 Å². The molecule has 0 radical (unpaired) electrons. The highest BCUT2D eigenvalue weighted by Crippen LogP contribution is 2.40. The van der Waals surface area contributed by atoms with E-state index in [1.54, 1.807) is 33.5 Å². The second-order valence-electron chi connectivity index (χ2n) is 7.56. The lowest BCUT2D eigenvalue weighted by atomic mass is 10.1. The van der Waals surface area contributed by atoms with E-state index in [0.717, 1.165) is 23.6 Å². The third-order valence-corrected chi connectivity index (χ3v) is 5.32. The van der Waals surface area contributed by atoms with Gasteiger partial charge in [0.2, 0.25) is 5.75 Å². The van der Waals surface area contributed by atoms with Gasteiger partial charge in [0.25, 0.3) is 0 Å². The van der Waals surface area contributed by atoms with E-state index in [1.807, 2.05) is 26.0 Å². The molecule has 2 atom stereocenters. The Morgan fingerprint density at radius 2 is 1.78 bits per heavy atom. The van der Waals surface area contributed by atoms with Crippen molar-refractivity contribution < 1.29 is 23.3 Å². The Hall–Kier alpha value is -3.00. The lowest BCUT2D eigenvalue weighted by Crippen LogP contribution is -2.50.